The third kappa shape index (κ3) is 5.10. The molecule has 1 saturated heterocycles. The van der Waals surface area contributed by atoms with Gasteiger partial charge in [-0.1, -0.05) is 84.4 Å². The molecule has 2 aliphatic rings. The molecule has 0 saturated carbocycles. The molecule has 40 heavy (non-hydrogen) atoms. The largest absolute Gasteiger partial charge is 0.455 e. The third-order valence-corrected chi connectivity index (χ3v) is 7.57. The van der Waals surface area contributed by atoms with Gasteiger partial charge in [-0.25, -0.2) is 5.01 Å². The quantitative estimate of drug-likeness (QED) is 0.311. The first-order valence-corrected chi connectivity index (χ1v) is 13.4. The van der Waals surface area contributed by atoms with Gasteiger partial charge in [0.15, 0.2) is 6.61 Å². The van der Waals surface area contributed by atoms with Crippen molar-refractivity contribution < 1.29 is 19.1 Å². The summed E-state index contributed by atoms with van der Waals surface area (Å²) in [6, 6.07) is 31.3. The first-order chi connectivity index (χ1) is 19.5. The van der Waals surface area contributed by atoms with E-state index in [1.54, 1.807) is 4.90 Å². The van der Waals surface area contributed by atoms with Crippen molar-refractivity contribution in [1.29, 1.82) is 0 Å². The van der Waals surface area contributed by atoms with Gasteiger partial charge >= 0.3 is 5.97 Å². The maximum atomic E-state index is 13.4. The van der Waals surface area contributed by atoms with Crippen LogP contribution in [0.4, 0.5) is 5.69 Å². The zero-order valence-electron chi connectivity index (χ0n) is 22.2. The molecule has 2 atom stereocenters. The van der Waals surface area contributed by atoms with Crippen molar-refractivity contribution in [3.63, 3.8) is 0 Å². The summed E-state index contributed by atoms with van der Waals surface area (Å²) in [6.45, 7) is 1.77. The standard InChI is InChI=1S/C33H29N3O4/c1-22-11-15-28(16-12-22)35-20-27(18-31(35)37)33(39)40-21-32(38)36-30(24-8-3-2-4-9-24)19-29(34-36)26-14-13-23-7-5-6-10-25(23)17-26/h2-17,27,30H,18-21H2,1H3. The van der Waals surface area contributed by atoms with E-state index in [9.17, 15) is 14.4 Å². The topological polar surface area (TPSA) is 79.3 Å². The van der Waals surface area contributed by atoms with Crippen LogP contribution in [0.1, 0.15) is 35.6 Å². The SMILES string of the molecule is Cc1ccc(N2CC(C(=O)OCC(=O)N3N=C(c4ccc5ccccc5c4)CC3c3ccccc3)CC2=O)cc1. The Hall–Kier alpha value is -4.78. The van der Waals surface area contributed by atoms with Crippen molar-refractivity contribution in [1.82, 2.24) is 5.01 Å². The summed E-state index contributed by atoms with van der Waals surface area (Å²) in [4.78, 5) is 40.5. The molecule has 2 aliphatic heterocycles. The van der Waals surface area contributed by atoms with Crippen LogP contribution in [0, 0.1) is 12.8 Å². The molecular formula is C33H29N3O4. The van der Waals surface area contributed by atoms with E-state index in [0.717, 1.165) is 38.9 Å². The van der Waals surface area contributed by atoms with E-state index in [2.05, 4.69) is 24.3 Å². The highest BCUT2D eigenvalue weighted by molar-refractivity contribution is 6.06. The minimum Gasteiger partial charge on any atom is -0.455 e. The average Bonchev–Trinajstić information content (AvgIpc) is 3.61. The number of aryl methyl sites for hydroxylation is 1. The summed E-state index contributed by atoms with van der Waals surface area (Å²) >= 11 is 0. The van der Waals surface area contributed by atoms with E-state index >= 15 is 0 Å². The van der Waals surface area contributed by atoms with Crippen molar-refractivity contribution in [3.8, 4) is 0 Å². The van der Waals surface area contributed by atoms with Gasteiger partial charge in [-0.2, -0.15) is 5.10 Å². The molecule has 0 aromatic heterocycles. The fraction of sp³-hybridized carbons (Fsp3) is 0.212. The molecular weight excluding hydrogens is 502 g/mol. The van der Waals surface area contributed by atoms with E-state index < -0.39 is 24.4 Å². The summed E-state index contributed by atoms with van der Waals surface area (Å²) in [5.74, 6) is -1.71. The Morgan fingerprint density at radius 3 is 2.38 bits per heavy atom. The molecule has 0 spiro atoms. The van der Waals surface area contributed by atoms with Crippen LogP contribution in [0.25, 0.3) is 10.8 Å². The Kier molecular flexibility index (Phi) is 6.86. The van der Waals surface area contributed by atoms with Gasteiger partial charge in [-0.05, 0) is 47.0 Å². The van der Waals surface area contributed by atoms with Gasteiger partial charge in [-0.15, -0.1) is 0 Å². The van der Waals surface area contributed by atoms with Crippen LogP contribution < -0.4 is 4.90 Å². The number of carbonyl (C=O) groups excluding carboxylic acids is 3. The molecule has 2 heterocycles. The number of hydrazone groups is 1. The number of ether oxygens (including phenoxy) is 1. The number of esters is 1. The third-order valence-electron chi connectivity index (χ3n) is 7.57. The van der Waals surface area contributed by atoms with Gasteiger partial charge in [-0.3, -0.25) is 14.4 Å². The van der Waals surface area contributed by atoms with Gasteiger partial charge < -0.3 is 9.64 Å². The average molecular weight is 532 g/mol. The summed E-state index contributed by atoms with van der Waals surface area (Å²) in [5.41, 5.74) is 4.55. The number of hydrogen-bond acceptors (Lipinski definition) is 5. The smallest absolute Gasteiger partial charge is 0.311 e. The lowest BCUT2D eigenvalue weighted by Gasteiger charge is -2.22. The molecule has 4 aromatic rings. The van der Waals surface area contributed by atoms with Gasteiger partial charge in [0.2, 0.25) is 5.91 Å². The number of benzene rings is 4. The molecule has 0 aliphatic carbocycles. The molecule has 7 nitrogen and oxygen atoms in total. The highest BCUT2D eigenvalue weighted by Gasteiger charge is 2.38. The summed E-state index contributed by atoms with van der Waals surface area (Å²) in [6.07, 6.45) is 0.603. The van der Waals surface area contributed by atoms with Crippen LogP contribution >= 0.6 is 0 Å². The molecule has 0 bridgehead atoms. The lowest BCUT2D eigenvalue weighted by Crippen LogP contribution is -2.33. The Morgan fingerprint density at radius 1 is 0.875 bits per heavy atom. The van der Waals surface area contributed by atoms with Crippen molar-refractivity contribution in [2.24, 2.45) is 11.0 Å². The van der Waals surface area contributed by atoms with Crippen LogP contribution in [0.3, 0.4) is 0 Å². The predicted molar refractivity (Wildman–Crippen MR) is 154 cm³/mol. The molecule has 1 fully saturated rings. The number of carbonyl (C=O) groups is 3. The minimum absolute atomic E-state index is 0.0571. The van der Waals surface area contributed by atoms with E-state index in [0.29, 0.717) is 6.42 Å². The van der Waals surface area contributed by atoms with Crippen LogP contribution in [0.2, 0.25) is 0 Å². The van der Waals surface area contributed by atoms with E-state index in [1.807, 2.05) is 79.7 Å². The maximum Gasteiger partial charge on any atom is 0.311 e. The fourth-order valence-corrected chi connectivity index (χ4v) is 5.37. The first-order valence-electron chi connectivity index (χ1n) is 13.4. The van der Waals surface area contributed by atoms with E-state index in [1.165, 1.54) is 5.01 Å². The van der Waals surface area contributed by atoms with E-state index in [4.69, 9.17) is 9.84 Å². The minimum atomic E-state index is -0.623. The second-order valence-corrected chi connectivity index (χ2v) is 10.3. The first kappa shape index (κ1) is 25.5. The zero-order valence-corrected chi connectivity index (χ0v) is 22.2. The molecule has 7 heteroatoms. The van der Waals surface area contributed by atoms with Crippen LogP contribution in [-0.2, 0) is 19.1 Å². The zero-order chi connectivity index (χ0) is 27.6. The van der Waals surface area contributed by atoms with E-state index in [-0.39, 0.29) is 24.9 Å². The highest BCUT2D eigenvalue weighted by atomic mass is 16.5. The number of hydrogen-bond donors (Lipinski definition) is 0. The normalized spacial score (nSPS) is 18.7. The predicted octanol–water partition coefficient (Wildman–Crippen LogP) is 5.42. The molecule has 6 rings (SSSR count). The van der Waals surface area contributed by atoms with Gasteiger partial charge in [0, 0.05) is 25.1 Å². The second-order valence-electron chi connectivity index (χ2n) is 10.3. The molecule has 0 N–H and O–H groups in total. The van der Waals surface area contributed by atoms with Crippen LogP contribution in [-0.4, -0.2) is 41.7 Å². The van der Waals surface area contributed by atoms with Gasteiger partial charge in [0.05, 0.1) is 17.7 Å². The highest BCUT2D eigenvalue weighted by Crippen LogP contribution is 2.34. The Balaban J connectivity index is 1.17. The van der Waals surface area contributed by atoms with Gasteiger partial charge in [0.1, 0.15) is 0 Å². The number of amides is 2. The maximum absolute atomic E-state index is 13.4. The monoisotopic (exact) mass is 531 g/mol. The molecule has 2 unspecified atom stereocenters. The summed E-state index contributed by atoms with van der Waals surface area (Å²) in [7, 11) is 0. The lowest BCUT2D eigenvalue weighted by molar-refractivity contribution is -0.155. The van der Waals surface area contributed by atoms with Crippen molar-refractivity contribution in [2.75, 3.05) is 18.1 Å². The number of rotatable bonds is 6. The second kappa shape index (κ2) is 10.8. The Morgan fingerprint density at radius 2 is 1.60 bits per heavy atom. The molecule has 200 valence electrons. The molecule has 0 radical (unpaired) electrons. The summed E-state index contributed by atoms with van der Waals surface area (Å²) < 4.78 is 5.46. The Bertz CT molecular complexity index is 1610. The number of nitrogens with zero attached hydrogens (tertiary/aromatic N) is 3. The van der Waals surface area contributed by atoms with Gasteiger partial charge in [0.25, 0.3) is 5.91 Å². The fourth-order valence-electron chi connectivity index (χ4n) is 5.37. The molecule has 2 amide bonds. The number of fused-ring (bicyclic) bond motifs is 1. The lowest BCUT2D eigenvalue weighted by atomic mass is 9.97. The van der Waals surface area contributed by atoms with Crippen molar-refractivity contribution >= 4 is 40.0 Å². The Labute approximate surface area is 232 Å². The van der Waals surface area contributed by atoms with Crippen LogP contribution in [0.5, 0.6) is 0 Å². The van der Waals surface area contributed by atoms with Crippen LogP contribution in [0.15, 0.2) is 102 Å². The van der Waals surface area contributed by atoms with Crippen molar-refractivity contribution in [2.45, 2.75) is 25.8 Å². The molecule has 4 aromatic carbocycles. The summed E-state index contributed by atoms with van der Waals surface area (Å²) in [5, 5.41) is 8.39. The number of anilines is 1. The van der Waals surface area contributed by atoms with Crippen molar-refractivity contribution in [3.05, 3.63) is 114 Å².